The lowest BCUT2D eigenvalue weighted by molar-refractivity contribution is 0.527. The molecule has 2 aromatic rings. The molecule has 0 saturated carbocycles. The smallest absolute Gasteiger partial charge is 0.207 e. The van der Waals surface area contributed by atoms with Crippen molar-refractivity contribution in [1.29, 1.82) is 0 Å². The Hall–Kier alpha value is -1.97. The molecule has 108 valence electrons. The molecule has 0 aliphatic heterocycles. The maximum Gasteiger partial charge on any atom is 0.207 e. The van der Waals surface area contributed by atoms with Crippen LogP contribution in [0, 0.1) is 12.8 Å². The molecule has 1 aromatic heterocycles. The van der Waals surface area contributed by atoms with Gasteiger partial charge in [0.1, 0.15) is 0 Å². The van der Waals surface area contributed by atoms with Crippen LogP contribution in [0.1, 0.15) is 19.5 Å². The highest BCUT2D eigenvalue weighted by molar-refractivity contribution is 5.59. The Bertz CT molecular complexity index is 552. The third-order valence-corrected chi connectivity index (χ3v) is 3.10. The van der Waals surface area contributed by atoms with Crippen LogP contribution in [0.2, 0.25) is 0 Å². The molecular weight excluding hydrogens is 248 g/mol. The van der Waals surface area contributed by atoms with Gasteiger partial charge in [-0.25, -0.2) is 4.98 Å². The topological polar surface area (TPSA) is 33.1 Å². The van der Waals surface area contributed by atoms with Crippen LogP contribution >= 0.6 is 0 Å². The Kier molecular flexibility index (Phi) is 4.32. The number of benzene rings is 1. The second kappa shape index (κ2) is 5.99. The van der Waals surface area contributed by atoms with Gasteiger partial charge in [0.05, 0.1) is 5.69 Å². The molecule has 0 amide bonds. The fraction of sp³-hybridized carbons (Fsp3) is 0.438. The summed E-state index contributed by atoms with van der Waals surface area (Å²) >= 11 is 0. The summed E-state index contributed by atoms with van der Waals surface area (Å²) in [4.78, 5) is 6.65. The van der Waals surface area contributed by atoms with Crippen LogP contribution in [-0.2, 0) is 6.54 Å². The number of nitrogens with zero attached hydrogens (tertiary/aromatic N) is 3. The fourth-order valence-corrected chi connectivity index (χ4v) is 2.15. The van der Waals surface area contributed by atoms with Crippen LogP contribution in [0.15, 0.2) is 30.5 Å². The Balaban J connectivity index is 2.17. The van der Waals surface area contributed by atoms with Crippen molar-refractivity contribution in [1.82, 2.24) is 9.55 Å². The van der Waals surface area contributed by atoms with Gasteiger partial charge in [-0.05, 0) is 37.1 Å². The molecule has 2 rings (SSSR count). The number of imidazole rings is 1. The molecular formula is C16H24N4. The molecule has 0 atom stereocenters. The number of aromatic nitrogens is 2. The first kappa shape index (κ1) is 14.4. The van der Waals surface area contributed by atoms with Crippen LogP contribution in [0.25, 0.3) is 0 Å². The number of aryl methyl sites for hydroxylation is 1. The molecule has 1 heterocycles. The average Bonchev–Trinajstić information content (AvgIpc) is 2.69. The van der Waals surface area contributed by atoms with Gasteiger partial charge in [-0.2, -0.15) is 0 Å². The minimum absolute atomic E-state index is 0.597. The fourth-order valence-electron chi connectivity index (χ4n) is 2.15. The van der Waals surface area contributed by atoms with E-state index in [4.69, 9.17) is 0 Å². The lowest BCUT2D eigenvalue weighted by atomic mass is 10.2. The molecule has 20 heavy (non-hydrogen) atoms. The van der Waals surface area contributed by atoms with E-state index in [1.165, 1.54) is 5.69 Å². The van der Waals surface area contributed by atoms with Crippen molar-refractivity contribution in [3.63, 3.8) is 0 Å². The van der Waals surface area contributed by atoms with Crippen LogP contribution < -0.4 is 10.2 Å². The van der Waals surface area contributed by atoms with Crippen LogP contribution in [-0.4, -0.2) is 23.6 Å². The number of nitrogens with one attached hydrogen (secondary N) is 1. The summed E-state index contributed by atoms with van der Waals surface area (Å²) in [5.74, 6) is 1.51. The second-order valence-electron chi connectivity index (χ2n) is 5.82. The van der Waals surface area contributed by atoms with E-state index in [2.05, 4.69) is 64.1 Å². The highest BCUT2D eigenvalue weighted by Crippen LogP contribution is 2.20. The molecule has 4 heteroatoms. The maximum atomic E-state index is 4.56. The molecule has 0 bridgehead atoms. The van der Waals surface area contributed by atoms with Gasteiger partial charge in [0.15, 0.2) is 0 Å². The summed E-state index contributed by atoms with van der Waals surface area (Å²) in [5, 5.41) is 3.40. The van der Waals surface area contributed by atoms with Gasteiger partial charge >= 0.3 is 0 Å². The number of hydrogen-bond acceptors (Lipinski definition) is 3. The van der Waals surface area contributed by atoms with E-state index in [1.54, 1.807) is 0 Å². The zero-order chi connectivity index (χ0) is 14.7. The summed E-state index contributed by atoms with van der Waals surface area (Å²) in [7, 11) is 4.09. The summed E-state index contributed by atoms with van der Waals surface area (Å²) < 4.78 is 2.18. The van der Waals surface area contributed by atoms with Gasteiger partial charge in [0.2, 0.25) is 5.95 Å². The first-order chi connectivity index (χ1) is 9.45. The summed E-state index contributed by atoms with van der Waals surface area (Å²) in [6.45, 7) is 7.42. The minimum Gasteiger partial charge on any atom is -0.378 e. The zero-order valence-corrected chi connectivity index (χ0v) is 13.0. The van der Waals surface area contributed by atoms with Crippen LogP contribution in [0.4, 0.5) is 17.3 Å². The van der Waals surface area contributed by atoms with E-state index in [-0.39, 0.29) is 0 Å². The van der Waals surface area contributed by atoms with E-state index in [0.29, 0.717) is 5.92 Å². The lowest BCUT2D eigenvalue weighted by Gasteiger charge is -2.14. The summed E-state index contributed by atoms with van der Waals surface area (Å²) in [6.07, 6.45) is 2.09. The van der Waals surface area contributed by atoms with Crippen molar-refractivity contribution >= 4 is 17.3 Å². The quantitative estimate of drug-likeness (QED) is 0.901. The average molecular weight is 272 g/mol. The predicted molar refractivity (Wildman–Crippen MR) is 85.9 cm³/mol. The van der Waals surface area contributed by atoms with Crippen molar-refractivity contribution in [3.05, 3.63) is 36.2 Å². The van der Waals surface area contributed by atoms with E-state index in [9.17, 15) is 0 Å². The molecule has 1 N–H and O–H groups in total. The molecule has 4 nitrogen and oxygen atoms in total. The SMILES string of the molecule is Cc1cn(CC(C)C)c(Nc2ccc(N(C)C)cc2)n1. The zero-order valence-electron chi connectivity index (χ0n) is 13.0. The molecule has 0 aliphatic carbocycles. The Labute approximate surface area is 121 Å². The molecule has 0 fully saturated rings. The van der Waals surface area contributed by atoms with E-state index < -0.39 is 0 Å². The number of anilines is 3. The number of rotatable bonds is 5. The summed E-state index contributed by atoms with van der Waals surface area (Å²) in [5.41, 5.74) is 3.29. The first-order valence-electron chi connectivity index (χ1n) is 7.04. The molecule has 0 spiro atoms. The maximum absolute atomic E-state index is 4.56. The predicted octanol–water partition coefficient (Wildman–Crippen LogP) is 3.66. The standard InChI is InChI=1S/C16H24N4/c1-12(2)10-20-11-13(3)17-16(20)18-14-6-8-15(9-7-14)19(4)5/h6-9,11-12H,10H2,1-5H3,(H,17,18). The monoisotopic (exact) mass is 272 g/mol. The third-order valence-electron chi connectivity index (χ3n) is 3.10. The minimum atomic E-state index is 0.597. The third kappa shape index (κ3) is 3.53. The Morgan fingerprint density at radius 1 is 1.20 bits per heavy atom. The second-order valence-corrected chi connectivity index (χ2v) is 5.82. The first-order valence-corrected chi connectivity index (χ1v) is 7.04. The van der Waals surface area contributed by atoms with Crippen molar-refractivity contribution in [2.75, 3.05) is 24.3 Å². The summed E-state index contributed by atoms with van der Waals surface area (Å²) in [6, 6.07) is 8.37. The van der Waals surface area contributed by atoms with E-state index in [0.717, 1.165) is 23.9 Å². The Morgan fingerprint density at radius 2 is 1.85 bits per heavy atom. The normalized spacial score (nSPS) is 10.9. The van der Waals surface area contributed by atoms with Crippen molar-refractivity contribution in [2.24, 2.45) is 5.92 Å². The van der Waals surface area contributed by atoms with Gasteiger partial charge in [0, 0.05) is 38.2 Å². The van der Waals surface area contributed by atoms with E-state index in [1.807, 2.05) is 21.0 Å². The van der Waals surface area contributed by atoms with Crippen molar-refractivity contribution in [2.45, 2.75) is 27.3 Å². The molecule has 0 unspecified atom stereocenters. The van der Waals surface area contributed by atoms with Gasteiger partial charge in [-0.1, -0.05) is 13.8 Å². The van der Waals surface area contributed by atoms with Gasteiger partial charge < -0.3 is 14.8 Å². The molecule has 1 aromatic carbocycles. The molecule has 0 saturated heterocycles. The van der Waals surface area contributed by atoms with Gasteiger partial charge in [-0.3, -0.25) is 0 Å². The van der Waals surface area contributed by atoms with E-state index >= 15 is 0 Å². The van der Waals surface area contributed by atoms with Crippen molar-refractivity contribution in [3.8, 4) is 0 Å². The highest BCUT2D eigenvalue weighted by atomic mass is 15.2. The van der Waals surface area contributed by atoms with Gasteiger partial charge in [0.25, 0.3) is 0 Å². The number of hydrogen-bond donors (Lipinski definition) is 1. The lowest BCUT2D eigenvalue weighted by Crippen LogP contribution is -2.09. The van der Waals surface area contributed by atoms with Crippen molar-refractivity contribution < 1.29 is 0 Å². The highest BCUT2D eigenvalue weighted by Gasteiger charge is 2.07. The van der Waals surface area contributed by atoms with Crippen LogP contribution in [0.3, 0.4) is 0 Å². The largest absolute Gasteiger partial charge is 0.378 e. The molecule has 0 radical (unpaired) electrons. The van der Waals surface area contributed by atoms with Gasteiger partial charge in [-0.15, -0.1) is 0 Å². The van der Waals surface area contributed by atoms with Crippen LogP contribution in [0.5, 0.6) is 0 Å². The Morgan fingerprint density at radius 3 is 2.40 bits per heavy atom. The molecule has 0 aliphatic rings.